The summed E-state index contributed by atoms with van der Waals surface area (Å²) in [7, 11) is 0. The zero-order valence-electron chi connectivity index (χ0n) is 13.5. The van der Waals surface area contributed by atoms with Gasteiger partial charge in [0.15, 0.2) is 0 Å². The number of aromatic nitrogens is 3. The molecule has 0 spiro atoms. The van der Waals surface area contributed by atoms with Gasteiger partial charge < -0.3 is 10.2 Å². The minimum absolute atomic E-state index is 0.0702. The van der Waals surface area contributed by atoms with Crippen LogP contribution in [0.3, 0.4) is 0 Å². The molecule has 4 rings (SSSR count). The third kappa shape index (κ3) is 3.08. The summed E-state index contributed by atoms with van der Waals surface area (Å²) in [5.41, 5.74) is 2.06. The van der Waals surface area contributed by atoms with Crippen molar-refractivity contribution >= 4 is 28.4 Å². The van der Waals surface area contributed by atoms with Crippen LogP contribution >= 0.6 is 0 Å². The minimum Gasteiger partial charge on any atom is -0.336 e. The van der Waals surface area contributed by atoms with Crippen molar-refractivity contribution in [2.75, 3.05) is 18.4 Å². The molecule has 0 aliphatic carbocycles. The zero-order valence-corrected chi connectivity index (χ0v) is 13.5. The third-order valence-corrected chi connectivity index (χ3v) is 4.44. The van der Waals surface area contributed by atoms with Crippen molar-refractivity contribution in [1.82, 2.24) is 20.1 Å². The molecule has 2 aromatic heterocycles. The van der Waals surface area contributed by atoms with Gasteiger partial charge in [0.2, 0.25) is 5.91 Å². The van der Waals surface area contributed by atoms with E-state index in [2.05, 4.69) is 20.5 Å². The number of hydrogen-bond donors (Lipinski definition) is 2. The van der Waals surface area contributed by atoms with E-state index < -0.39 is 0 Å². The van der Waals surface area contributed by atoms with Crippen LogP contribution in [0.15, 0.2) is 48.8 Å². The maximum atomic E-state index is 12.5. The van der Waals surface area contributed by atoms with E-state index in [4.69, 9.17) is 0 Å². The van der Waals surface area contributed by atoms with E-state index in [1.807, 2.05) is 18.2 Å². The summed E-state index contributed by atoms with van der Waals surface area (Å²) in [5.74, 6) is -0.414. The van der Waals surface area contributed by atoms with E-state index >= 15 is 0 Å². The molecule has 1 atom stereocenters. The van der Waals surface area contributed by atoms with Crippen molar-refractivity contribution in [2.45, 2.75) is 6.42 Å². The second-order valence-corrected chi connectivity index (χ2v) is 6.11. The molecule has 3 aromatic rings. The van der Waals surface area contributed by atoms with Crippen LogP contribution in [0, 0.1) is 5.92 Å². The van der Waals surface area contributed by atoms with Gasteiger partial charge in [0, 0.05) is 30.4 Å². The van der Waals surface area contributed by atoms with Crippen LogP contribution in [-0.4, -0.2) is 45.0 Å². The quantitative estimate of drug-likeness (QED) is 0.766. The highest BCUT2D eigenvalue weighted by atomic mass is 16.2. The SMILES string of the molecule is O=C(Nc1ccc2[nH]ncc2c1)C1CCN(C(=O)c2ccccn2)C1. The first-order valence-corrected chi connectivity index (χ1v) is 8.15. The first kappa shape index (κ1) is 15.3. The predicted octanol–water partition coefficient (Wildman–Crippen LogP) is 2.06. The number of anilines is 1. The first-order chi connectivity index (χ1) is 12.2. The highest BCUT2D eigenvalue weighted by Crippen LogP contribution is 2.22. The fraction of sp³-hybridized carbons (Fsp3) is 0.222. The van der Waals surface area contributed by atoms with E-state index in [1.54, 1.807) is 35.5 Å². The molecular formula is C18H17N5O2. The number of fused-ring (bicyclic) bond motifs is 1. The van der Waals surface area contributed by atoms with Gasteiger partial charge in [-0.1, -0.05) is 6.07 Å². The van der Waals surface area contributed by atoms with Gasteiger partial charge in [0.25, 0.3) is 5.91 Å². The van der Waals surface area contributed by atoms with E-state index in [-0.39, 0.29) is 17.7 Å². The Hall–Kier alpha value is -3.22. The van der Waals surface area contributed by atoms with E-state index in [0.29, 0.717) is 25.2 Å². The van der Waals surface area contributed by atoms with Crippen LogP contribution in [0.25, 0.3) is 10.9 Å². The Morgan fingerprint density at radius 3 is 3.00 bits per heavy atom. The number of amides is 2. The van der Waals surface area contributed by atoms with Crippen LogP contribution in [0.5, 0.6) is 0 Å². The van der Waals surface area contributed by atoms with Crippen molar-refractivity contribution in [1.29, 1.82) is 0 Å². The smallest absolute Gasteiger partial charge is 0.272 e. The lowest BCUT2D eigenvalue weighted by Gasteiger charge is -2.16. The van der Waals surface area contributed by atoms with Crippen molar-refractivity contribution in [2.24, 2.45) is 5.92 Å². The van der Waals surface area contributed by atoms with E-state index in [9.17, 15) is 9.59 Å². The molecule has 1 aliphatic heterocycles. The van der Waals surface area contributed by atoms with Gasteiger partial charge in [-0.05, 0) is 36.8 Å². The Morgan fingerprint density at radius 2 is 2.16 bits per heavy atom. The average Bonchev–Trinajstić information content (AvgIpc) is 3.31. The first-order valence-electron chi connectivity index (χ1n) is 8.15. The maximum Gasteiger partial charge on any atom is 0.272 e. The monoisotopic (exact) mass is 335 g/mol. The number of likely N-dealkylation sites (tertiary alicyclic amines) is 1. The van der Waals surface area contributed by atoms with Crippen LogP contribution in [0.2, 0.25) is 0 Å². The molecule has 2 amide bonds. The third-order valence-electron chi connectivity index (χ3n) is 4.44. The van der Waals surface area contributed by atoms with Crippen molar-refractivity contribution in [3.63, 3.8) is 0 Å². The Labute approximate surface area is 144 Å². The lowest BCUT2D eigenvalue weighted by molar-refractivity contribution is -0.119. The number of rotatable bonds is 3. The summed E-state index contributed by atoms with van der Waals surface area (Å²) in [5, 5.41) is 10.7. The highest BCUT2D eigenvalue weighted by Gasteiger charge is 2.31. The molecule has 0 radical (unpaired) electrons. The summed E-state index contributed by atoms with van der Waals surface area (Å²) in [6, 6.07) is 10.8. The standard InChI is InChI=1S/C18H17N5O2/c24-17(21-14-4-5-15-13(9-14)10-20-22-15)12-6-8-23(11-12)18(25)16-3-1-2-7-19-16/h1-5,7,9-10,12H,6,8,11H2,(H,20,22)(H,21,24). The number of pyridine rings is 1. The second-order valence-electron chi connectivity index (χ2n) is 6.11. The molecule has 126 valence electrons. The molecule has 3 heterocycles. The lowest BCUT2D eigenvalue weighted by atomic mass is 10.1. The average molecular weight is 335 g/mol. The predicted molar refractivity (Wildman–Crippen MR) is 93.0 cm³/mol. The van der Waals surface area contributed by atoms with Crippen molar-refractivity contribution in [3.8, 4) is 0 Å². The molecule has 0 bridgehead atoms. The lowest BCUT2D eigenvalue weighted by Crippen LogP contribution is -2.31. The van der Waals surface area contributed by atoms with Gasteiger partial charge >= 0.3 is 0 Å². The fourth-order valence-electron chi connectivity index (χ4n) is 3.07. The topological polar surface area (TPSA) is 91.0 Å². The fourth-order valence-corrected chi connectivity index (χ4v) is 3.07. The maximum absolute atomic E-state index is 12.5. The number of carbonyl (C=O) groups is 2. The van der Waals surface area contributed by atoms with Gasteiger partial charge in [-0.3, -0.25) is 19.7 Å². The number of H-pyrrole nitrogens is 1. The summed E-state index contributed by atoms with van der Waals surface area (Å²) in [6.45, 7) is 0.976. The van der Waals surface area contributed by atoms with Gasteiger partial charge in [0.05, 0.1) is 17.6 Å². The highest BCUT2D eigenvalue weighted by molar-refractivity contribution is 5.97. The molecule has 0 saturated carbocycles. The van der Waals surface area contributed by atoms with Gasteiger partial charge in [-0.25, -0.2) is 0 Å². The van der Waals surface area contributed by atoms with E-state index in [0.717, 1.165) is 16.6 Å². The number of nitrogens with one attached hydrogen (secondary N) is 2. The van der Waals surface area contributed by atoms with Crippen LogP contribution < -0.4 is 5.32 Å². The number of aromatic amines is 1. The number of nitrogens with zero attached hydrogens (tertiary/aromatic N) is 3. The summed E-state index contributed by atoms with van der Waals surface area (Å²) in [4.78, 5) is 30.7. The second kappa shape index (κ2) is 6.35. The van der Waals surface area contributed by atoms with Crippen LogP contribution in [-0.2, 0) is 4.79 Å². The normalized spacial score (nSPS) is 17.0. The molecule has 1 fully saturated rings. The van der Waals surface area contributed by atoms with Gasteiger partial charge in [0.1, 0.15) is 5.69 Å². The van der Waals surface area contributed by atoms with E-state index in [1.165, 1.54) is 0 Å². The molecule has 1 saturated heterocycles. The molecule has 1 unspecified atom stereocenters. The molecule has 7 nitrogen and oxygen atoms in total. The minimum atomic E-state index is -0.215. The number of hydrogen-bond acceptors (Lipinski definition) is 4. The number of carbonyl (C=O) groups excluding carboxylic acids is 2. The molecule has 1 aliphatic rings. The molecule has 25 heavy (non-hydrogen) atoms. The number of benzene rings is 1. The van der Waals surface area contributed by atoms with Crippen LogP contribution in [0.4, 0.5) is 5.69 Å². The Kier molecular flexibility index (Phi) is 3.89. The Bertz CT molecular complexity index is 921. The van der Waals surface area contributed by atoms with Crippen molar-refractivity contribution in [3.05, 3.63) is 54.5 Å². The largest absolute Gasteiger partial charge is 0.336 e. The van der Waals surface area contributed by atoms with Gasteiger partial charge in [-0.2, -0.15) is 5.10 Å². The summed E-state index contributed by atoms with van der Waals surface area (Å²) >= 11 is 0. The zero-order chi connectivity index (χ0) is 17.2. The molecular weight excluding hydrogens is 318 g/mol. The van der Waals surface area contributed by atoms with Crippen molar-refractivity contribution < 1.29 is 9.59 Å². The summed E-state index contributed by atoms with van der Waals surface area (Å²) in [6.07, 6.45) is 3.96. The van der Waals surface area contributed by atoms with Gasteiger partial charge in [-0.15, -0.1) is 0 Å². The summed E-state index contributed by atoms with van der Waals surface area (Å²) < 4.78 is 0. The Morgan fingerprint density at radius 1 is 1.24 bits per heavy atom. The molecule has 2 N–H and O–H groups in total. The van der Waals surface area contributed by atoms with Crippen LogP contribution in [0.1, 0.15) is 16.9 Å². The molecule has 1 aromatic carbocycles. The Balaban J connectivity index is 1.41. The molecule has 7 heteroatoms.